The Bertz CT molecular complexity index is 970. The van der Waals surface area contributed by atoms with Gasteiger partial charge in [-0.1, -0.05) is 36.4 Å². The highest BCUT2D eigenvalue weighted by molar-refractivity contribution is 7.89. The molecule has 3 rings (SSSR count). The summed E-state index contributed by atoms with van der Waals surface area (Å²) in [7, 11) is -3.63. The molecule has 1 aliphatic rings. The molecule has 0 bridgehead atoms. The standard InChI is InChI=1S/C21H24N2O5S/c1-16(20(24)22-15-17-8-3-2-4-9-17)28-21(25)18-10-7-11-19(14-18)29(26,27)23-12-5-6-13-23/h2-4,7-11,14,16H,5-6,12-13,15H2,1H3,(H,22,24)/t16-/m0/s1. The van der Waals surface area contributed by atoms with Crippen molar-refractivity contribution in [3.63, 3.8) is 0 Å². The lowest BCUT2D eigenvalue weighted by Crippen LogP contribution is -2.35. The molecule has 0 radical (unpaired) electrons. The Morgan fingerprint density at radius 3 is 2.45 bits per heavy atom. The Balaban J connectivity index is 1.62. The van der Waals surface area contributed by atoms with E-state index in [4.69, 9.17) is 4.74 Å². The van der Waals surface area contributed by atoms with Crippen molar-refractivity contribution in [2.75, 3.05) is 13.1 Å². The second-order valence-electron chi connectivity index (χ2n) is 6.89. The number of sulfonamides is 1. The van der Waals surface area contributed by atoms with Crippen molar-refractivity contribution >= 4 is 21.9 Å². The van der Waals surface area contributed by atoms with Crippen LogP contribution < -0.4 is 5.32 Å². The first-order chi connectivity index (χ1) is 13.9. The van der Waals surface area contributed by atoms with Gasteiger partial charge in [0.1, 0.15) is 0 Å². The summed E-state index contributed by atoms with van der Waals surface area (Å²) < 4.78 is 32.0. The van der Waals surface area contributed by atoms with Crippen molar-refractivity contribution in [3.8, 4) is 0 Å². The van der Waals surface area contributed by atoms with Crippen LogP contribution in [0.3, 0.4) is 0 Å². The number of amides is 1. The molecule has 8 heteroatoms. The van der Waals surface area contributed by atoms with Crippen LogP contribution in [0.25, 0.3) is 0 Å². The van der Waals surface area contributed by atoms with E-state index in [1.807, 2.05) is 30.3 Å². The Morgan fingerprint density at radius 1 is 1.07 bits per heavy atom. The molecule has 1 atom stereocenters. The molecule has 1 saturated heterocycles. The predicted molar refractivity (Wildman–Crippen MR) is 108 cm³/mol. The van der Waals surface area contributed by atoms with Gasteiger partial charge in [0.05, 0.1) is 10.5 Å². The lowest BCUT2D eigenvalue weighted by Gasteiger charge is -2.16. The number of carbonyl (C=O) groups is 2. The first-order valence-electron chi connectivity index (χ1n) is 9.51. The first kappa shape index (κ1) is 21.0. The van der Waals surface area contributed by atoms with Crippen LogP contribution in [-0.2, 0) is 26.1 Å². The fraction of sp³-hybridized carbons (Fsp3) is 0.333. The van der Waals surface area contributed by atoms with E-state index in [9.17, 15) is 18.0 Å². The Morgan fingerprint density at radius 2 is 1.76 bits per heavy atom. The smallest absolute Gasteiger partial charge is 0.338 e. The summed E-state index contributed by atoms with van der Waals surface area (Å²) in [5.41, 5.74) is 1.02. The van der Waals surface area contributed by atoms with Gasteiger partial charge in [0, 0.05) is 19.6 Å². The average molecular weight is 416 g/mol. The topological polar surface area (TPSA) is 92.8 Å². The van der Waals surface area contributed by atoms with E-state index in [0.717, 1.165) is 18.4 Å². The number of rotatable bonds is 7. The number of ether oxygens (including phenoxy) is 1. The normalized spacial score (nSPS) is 15.6. The van der Waals surface area contributed by atoms with Crippen molar-refractivity contribution in [1.82, 2.24) is 9.62 Å². The number of carbonyl (C=O) groups excluding carboxylic acids is 2. The van der Waals surface area contributed by atoms with E-state index in [-0.39, 0.29) is 10.5 Å². The Labute approximate surface area is 170 Å². The number of hydrogen-bond donors (Lipinski definition) is 1. The third-order valence-corrected chi connectivity index (χ3v) is 6.63. The molecule has 154 valence electrons. The van der Waals surface area contributed by atoms with Crippen LogP contribution in [0.1, 0.15) is 35.7 Å². The number of esters is 1. The minimum Gasteiger partial charge on any atom is -0.449 e. The molecule has 1 aliphatic heterocycles. The predicted octanol–water partition coefficient (Wildman–Crippen LogP) is 2.33. The molecule has 1 N–H and O–H groups in total. The third kappa shape index (κ3) is 5.21. The first-order valence-corrected chi connectivity index (χ1v) is 10.9. The summed E-state index contributed by atoms with van der Waals surface area (Å²) in [5.74, 6) is -1.17. The van der Waals surface area contributed by atoms with Crippen molar-refractivity contribution in [1.29, 1.82) is 0 Å². The molecule has 2 aromatic rings. The molecule has 1 amide bonds. The van der Waals surface area contributed by atoms with Gasteiger partial charge in [-0.3, -0.25) is 4.79 Å². The van der Waals surface area contributed by atoms with Crippen molar-refractivity contribution in [2.24, 2.45) is 0 Å². The minimum atomic E-state index is -3.63. The second-order valence-corrected chi connectivity index (χ2v) is 8.83. The fourth-order valence-electron chi connectivity index (χ4n) is 3.07. The van der Waals surface area contributed by atoms with E-state index in [1.54, 1.807) is 0 Å². The van der Waals surface area contributed by atoms with Crippen LogP contribution >= 0.6 is 0 Å². The summed E-state index contributed by atoms with van der Waals surface area (Å²) in [5, 5.41) is 2.71. The van der Waals surface area contributed by atoms with Crippen LogP contribution in [0, 0.1) is 0 Å². The molecule has 7 nitrogen and oxygen atoms in total. The molecule has 1 fully saturated rings. The lowest BCUT2D eigenvalue weighted by molar-refractivity contribution is -0.129. The van der Waals surface area contributed by atoms with Gasteiger partial charge in [0.25, 0.3) is 5.91 Å². The lowest BCUT2D eigenvalue weighted by atomic mass is 10.2. The molecule has 1 heterocycles. The van der Waals surface area contributed by atoms with Gasteiger partial charge >= 0.3 is 5.97 Å². The number of nitrogens with zero attached hydrogens (tertiary/aromatic N) is 1. The third-order valence-electron chi connectivity index (χ3n) is 4.74. The zero-order valence-corrected chi connectivity index (χ0v) is 17.0. The van der Waals surface area contributed by atoms with E-state index in [1.165, 1.54) is 35.5 Å². The van der Waals surface area contributed by atoms with Crippen LogP contribution in [0.5, 0.6) is 0 Å². The van der Waals surface area contributed by atoms with Gasteiger partial charge in [-0.2, -0.15) is 4.31 Å². The monoisotopic (exact) mass is 416 g/mol. The Hall–Kier alpha value is -2.71. The van der Waals surface area contributed by atoms with E-state index < -0.39 is 28.0 Å². The molecule has 0 unspecified atom stereocenters. The molecular formula is C21H24N2O5S. The van der Waals surface area contributed by atoms with Crippen LogP contribution in [-0.4, -0.2) is 43.8 Å². The molecule has 0 spiro atoms. The average Bonchev–Trinajstić information content (AvgIpc) is 3.28. The van der Waals surface area contributed by atoms with Crippen molar-refractivity contribution < 1.29 is 22.7 Å². The van der Waals surface area contributed by atoms with Crippen LogP contribution in [0.2, 0.25) is 0 Å². The quantitative estimate of drug-likeness (QED) is 0.700. The molecule has 0 saturated carbocycles. The van der Waals surface area contributed by atoms with E-state index in [2.05, 4.69) is 5.32 Å². The van der Waals surface area contributed by atoms with Gasteiger partial charge in [-0.15, -0.1) is 0 Å². The minimum absolute atomic E-state index is 0.0510. The van der Waals surface area contributed by atoms with Crippen LogP contribution in [0.4, 0.5) is 0 Å². The second kappa shape index (κ2) is 9.19. The molecule has 2 aromatic carbocycles. The highest BCUT2D eigenvalue weighted by atomic mass is 32.2. The van der Waals surface area contributed by atoms with Crippen LogP contribution in [0.15, 0.2) is 59.5 Å². The maximum atomic E-state index is 12.7. The zero-order valence-electron chi connectivity index (χ0n) is 16.2. The molecule has 29 heavy (non-hydrogen) atoms. The SMILES string of the molecule is C[C@H](OC(=O)c1cccc(S(=O)(=O)N2CCCC2)c1)C(=O)NCc1ccccc1. The molecule has 0 aromatic heterocycles. The van der Waals surface area contributed by atoms with Crippen molar-refractivity contribution in [2.45, 2.75) is 37.3 Å². The maximum Gasteiger partial charge on any atom is 0.338 e. The van der Waals surface area contributed by atoms with Gasteiger partial charge in [0.2, 0.25) is 10.0 Å². The van der Waals surface area contributed by atoms with Gasteiger partial charge in [0.15, 0.2) is 6.10 Å². The maximum absolute atomic E-state index is 12.7. The summed E-state index contributed by atoms with van der Waals surface area (Å²) in [4.78, 5) is 24.7. The molecule has 0 aliphatic carbocycles. The number of benzene rings is 2. The number of nitrogens with one attached hydrogen (secondary N) is 1. The van der Waals surface area contributed by atoms with Crippen molar-refractivity contribution in [3.05, 3.63) is 65.7 Å². The van der Waals surface area contributed by atoms with Gasteiger partial charge in [-0.25, -0.2) is 13.2 Å². The Kier molecular flexibility index (Phi) is 6.66. The largest absolute Gasteiger partial charge is 0.449 e. The zero-order chi connectivity index (χ0) is 20.9. The highest BCUT2D eigenvalue weighted by Gasteiger charge is 2.28. The van der Waals surface area contributed by atoms with E-state index in [0.29, 0.717) is 19.6 Å². The fourth-order valence-corrected chi connectivity index (χ4v) is 4.64. The summed E-state index contributed by atoms with van der Waals surface area (Å²) >= 11 is 0. The summed E-state index contributed by atoms with van der Waals surface area (Å²) in [6, 6.07) is 15.1. The number of hydrogen-bond acceptors (Lipinski definition) is 5. The van der Waals surface area contributed by atoms with E-state index >= 15 is 0 Å². The highest BCUT2D eigenvalue weighted by Crippen LogP contribution is 2.22. The summed E-state index contributed by atoms with van der Waals surface area (Å²) in [6.07, 6.45) is 0.651. The molecular weight excluding hydrogens is 392 g/mol. The van der Waals surface area contributed by atoms with Gasteiger partial charge in [-0.05, 0) is 43.5 Å². The van der Waals surface area contributed by atoms with Gasteiger partial charge < -0.3 is 10.1 Å². The summed E-state index contributed by atoms with van der Waals surface area (Å²) in [6.45, 7) is 2.76.